The molecule has 4 nitrogen and oxygen atoms in total. The van der Waals surface area contributed by atoms with E-state index in [4.69, 9.17) is 4.74 Å². The second-order valence-electron chi connectivity index (χ2n) is 4.34. The molecule has 2 aromatic rings. The lowest BCUT2D eigenvalue weighted by atomic mass is 10.2. The molecule has 1 aromatic heterocycles. The molecule has 1 N–H and O–H groups in total. The number of aryl methyl sites for hydroxylation is 1. The zero-order chi connectivity index (χ0) is 13.5. The maximum Gasteiger partial charge on any atom is 0.146 e. The van der Waals surface area contributed by atoms with Crippen LogP contribution in [0.1, 0.15) is 25.2 Å². The van der Waals surface area contributed by atoms with E-state index in [2.05, 4.69) is 40.8 Å². The first-order valence-corrected chi connectivity index (χ1v) is 6.76. The lowest BCUT2D eigenvalue weighted by Crippen LogP contribution is -2.11. The van der Waals surface area contributed by atoms with Gasteiger partial charge in [0.25, 0.3) is 0 Å². The molecule has 0 atom stereocenters. The highest BCUT2D eigenvalue weighted by atomic mass is 16.5. The van der Waals surface area contributed by atoms with Crippen LogP contribution in [0.25, 0.3) is 0 Å². The van der Waals surface area contributed by atoms with Crippen molar-refractivity contribution < 1.29 is 4.74 Å². The maximum absolute atomic E-state index is 5.75. The molecular formula is C15H21N3O. The van der Waals surface area contributed by atoms with E-state index in [0.717, 1.165) is 31.2 Å². The molecule has 1 heterocycles. The summed E-state index contributed by atoms with van der Waals surface area (Å²) in [7, 11) is 0. The summed E-state index contributed by atoms with van der Waals surface area (Å²) >= 11 is 0. The van der Waals surface area contributed by atoms with Gasteiger partial charge in [-0.25, -0.2) is 4.98 Å². The second-order valence-corrected chi connectivity index (χ2v) is 4.34. The number of hydrogen-bond acceptors (Lipinski definition) is 3. The molecule has 0 saturated carbocycles. The van der Waals surface area contributed by atoms with Gasteiger partial charge in [-0.05, 0) is 31.2 Å². The predicted molar refractivity (Wildman–Crippen MR) is 76.1 cm³/mol. The van der Waals surface area contributed by atoms with Crippen molar-refractivity contribution in [2.75, 3.05) is 6.54 Å². The van der Waals surface area contributed by atoms with E-state index >= 15 is 0 Å². The number of rotatable bonds is 7. The molecule has 4 heteroatoms. The number of nitrogens with one attached hydrogen (secondary N) is 1. The largest absolute Gasteiger partial charge is 0.486 e. The Morgan fingerprint density at radius 1 is 1.21 bits per heavy atom. The molecule has 0 amide bonds. The average molecular weight is 259 g/mol. The zero-order valence-corrected chi connectivity index (χ0v) is 11.6. The highest BCUT2D eigenvalue weighted by Crippen LogP contribution is 2.13. The molecule has 0 radical (unpaired) electrons. The Bertz CT molecular complexity index is 490. The third kappa shape index (κ3) is 3.83. The predicted octanol–water partition coefficient (Wildman–Crippen LogP) is 2.59. The van der Waals surface area contributed by atoms with Gasteiger partial charge in [0.1, 0.15) is 18.2 Å². The van der Waals surface area contributed by atoms with Crippen molar-refractivity contribution in [2.24, 2.45) is 0 Å². The second kappa shape index (κ2) is 6.95. The molecule has 0 unspecified atom stereocenters. The van der Waals surface area contributed by atoms with E-state index in [1.165, 1.54) is 5.56 Å². The quantitative estimate of drug-likeness (QED) is 0.830. The van der Waals surface area contributed by atoms with Gasteiger partial charge in [-0.1, -0.05) is 19.1 Å². The molecule has 102 valence electrons. The van der Waals surface area contributed by atoms with Crippen molar-refractivity contribution >= 4 is 0 Å². The molecule has 0 spiro atoms. The number of nitrogens with zero attached hydrogens (tertiary/aromatic N) is 2. The Morgan fingerprint density at radius 3 is 2.68 bits per heavy atom. The summed E-state index contributed by atoms with van der Waals surface area (Å²) in [4.78, 5) is 4.29. The molecule has 0 aliphatic heterocycles. The van der Waals surface area contributed by atoms with Crippen molar-refractivity contribution in [2.45, 2.75) is 33.5 Å². The van der Waals surface area contributed by atoms with Crippen molar-refractivity contribution in [3.63, 3.8) is 0 Å². The van der Waals surface area contributed by atoms with Crippen LogP contribution in [0.2, 0.25) is 0 Å². The first-order chi connectivity index (χ1) is 9.33. The number of ether oxygens (including phenoxy) is 1. The van der Waals surface area contributed by atoms with E-state index in [1.807, 2.05) is 24.5 Å². The number of aromatic nitrogens is 2. The summed E-state index contributed by atoms with van der Waals surface area (Å²) in [6, 6.07) is 8.19. The molecule has 19 heavy (non-hydrogen) atoms. The van der Waals surface area contributed by atoms with Crippen LogP contribution in [0.4, 0.5) is 0 Å². The van der Waals surface area contributed by atoms with Gasteiger partial charge in [-0.2, -0.15) is 0 Å². The maximum atomic E-state index is 5.75. The molecule has 1 aromatic carbocycles. The molecule has 0 fully saturated rings. The minimum absolute atomic E-state index is 0.507. The van der Waals surface area contributed by atoms with E-state index in [-0.39, 0.29) is 0 Å². The van der Waals surface area contributed by atoms with E-state index in [0.29, 0.717) is 6.61 Å². The van der Waals surface area contributed by atoms with Gasteiger partial charge in [-0.15, -0.1) is 0 Å². The third-order valence-electron chi connectivity index (χ3n) is 3.01. The van der Waals surface area contributed by atoms with Crippen LogP contribution < -0.4 is 10.1 Å². The van der Waals surface area contributed by atoms with E-state index in [9.17, 15) is 0 Å². The van der Waals surface area contributed by atoms with Gasteiger partial charge in [0.15, 0.2) is 0 Å². The Kier molecular flexibility index (Phi) is 4.98. The summed E-state index contributed by atoms with van der Waals surface area (Å²) in [5.74, 6) is 1.84. The minimum atomic E-state index is 0.507. The standard InChI is InChI=1S/C15H21N3O/c1-3-16-11-13-5-7-14(8-6-13)19-12-15-17-9-10-18(15)4-2/h5-10,16H,3-4,11-12H2,1-2H3. The molecule has 0 aliphatic rings. The monoisotopic (exact) mass is 259 g/mol. The summed E-state index contributed by atoms with van der Waals surface area (Å²) in [5.41, 5.74) is 1.27. The number of imidazole rings is 1. The smallest absolute Gasteiger partial charge is 0.146 e. The van der Waals surface area contributed by atoms with Crippen molar-refractivity contribution in [3.8, 4) is 5.75 Å². The van der Waals surface area contributed by atoms with Crippen LogP contribution >= 0.6 is 0 Å². The van der Waals surface area contributed by atoms with Crippen LogP contribution in [-0.2, 0) is 19.7 Å². The summed E-state index contributed by atoms with van der Waals surface area (Å²) < 4.78 is 7.83. The molecule has 2 rings (SSSR count). The fourth-order valence-corrected chi connectivity index (χ4v) is 1.89. The number of hydrogen-bond donors (Lipinski definition) is 1. The summed E-state index contributed by atoms with van der Waals surface area (Å²) in [6.45, 7) is 7.51. The van der Waals surface area contributed by atoms with Crippen molar-refractivity contribution in [1.82, 2.24) is 14.9 Å². The summed E-state index contributed by atoms with van der Waals surface area (Å²) in [6.07, 6.45) is 3.78. The van der Waals surface area contributed by atoms with Gasteiger partial charge in [0.05, 0.1) is 0 Å². The molecular weight excluding hydrogens is 238 g/mol. The fourth-order valence-electron chi connectivity index (χ4n) is 1.89. The average Bonchev–Trinajstić information content (AvgIpc) is 2.91. The van der Waals surface area contributed by atoms with Gasteiger partial charge in [0, 0.05) is 25.5 Å². The van der Waals surface area contributed by atoms with Crippen LogP contribution in [0.5, 0.6) is 5.75 Å². The van der Waals surface area contributed by atoms with E-state index < -0.39 is 0 Å². The highest BCUT2D eigenvalue weighted by molar-refractivity contribution is 5.27. The first-order valence-electron chi connectivity index (χ1n) is 6.76. The topological polar surface area (TPSA) is 39.1 Å². The summed E-state index contributed by atoms with van der Waals surface area (Å²) in [5, 5.41) is 3.30. The minimum Gasteiger partial charge on any atom is -0.486 e. The highest BCUT2D eigenvalue weighted by Gasteiger charge is 2.02. The van der Waals surface area contributed by atoms with Crippen LogP contribution in [0.3, 0.4) is 0 Å². The molecule has 0 bridgehead atoms. The van der Waals surface area contributed by atoms with Crippen LogP contribution in [-0.4, -0.2) is 16.1 Å². The SMILES string of the molecule is CCNCc1ccc(OCc2nccn2CC)cc1. The van der Waals surface area contributed by atoms with Crippen LogP contribution in [0.15, 0.2) is 36.7 Å². The van der Waals surface area contributed by atoms with Gasteiger partial charge < -0.3 is 14.6 Å². The van der Waals surface area contributed by atoms with Gasteiger partial charge in [0.2, 0.25) is 0 Å². The Hall–Kier alpha value is -1.81. The number of benzene rings is 1. The molecule has 0 saturated heterocycles. The lowest BCUT2D eigenvalue weighted by molar-refractivity contribution is 0.290. The Labute approximate surface area is 114 Å². The molecule has 0 aliphatic carbocycles. The van der Waals surface area contributed by atoms with Crippen molar-refractivity contribution in [3.05, 3.63) is 48.0 Å². The first kappa shape index (κ1) is 13.6. The Balaban J connectivity index is 1.89. The van der Waals surface area contributed by atoms with Gasteiger partial charge >= 0.3 is 0 Å². The zero-order valence-electron chi connectivity index (χ0n) is 11.6. The van der Waals surface area contributed by atoms with E-state index in [1.54, 1.807) is 0 Å². The van der Waals surface area contributed by atoms with Gasteiger partial charge in [-0.3, -0.25) is 0 Å². The third-order valence-corrected chi connectivity index (χ3v) is 3.01. The van der Waals surface area contributed by atoms with Crippen LogP contribution in [0, 0.1) is 0 Å². The fraction of sp³-hybridized carbons (Fsp3) is 0.400. The lowest BCUT2D eigenvalue weighted by Gasteiger charge is -2.08. The normalized spacial score (nSPS) is 10.6. The Morgan fingerprint density at radius 2 is 2.00 bits per heavy atom. The van der Waals surface area contributed by atoms with Crippen molar-refractivity contribution in [1.29, 1.82) is 0 Å².